The van der Waals surface area contributed by atoms with Crippen LogP contribution >= 0.6 is 23.5 Å². The van der Waals surface area contributed by atoms with Crippen LogP contribution < -0.4 is 16.4 Å². The molecule has 0 spiro atoms. The van der Waals surface area contributed by atoms with Crippen LogP contribution in [0.15, 0.2) is 196 Å². The fraction of sp³-hybridized carbons (Fsp3) is 0. The summed E-state index contributed by atoms with van der Waals surface area (Å²) < 4.78 is 4.87. The lowest BCUT2D eigenvalue weighted by Gasteiger charge is -2.33. The van der Waals surface area contributed by atoms with Gasteiger partial charge >= 0.3 is 0 Å². The summed E-state index contributed by atoms with van der Waals surface area (Å²) in [6, 6.07) is 65.2. The van der Waals surface area contributed by atoms with Gasteiger partial charge in [-0.2, -0.15) is 0 Å². The summed E-state index contributed by atoms with van der Waals surface area (Å²) in [5.74, 6) is 0. The molecule has 0 amide bonds. The molecule has 2 nitrogen and oxygen atoms in total. The Kier molecular flexibility index (Phi) is 6.33. The highest BCUT2D eigenvalue weighted by molar-refractivity contribution is 8.01. The Morgan fingerprint density at radius 3 is 1.36 bits per heavy atom. The third-order valence-corrected chi connectivity index (χ3v) is 13.5. The maximum Gasteiger partial charge on any atom is 0.247 e. The molecule has 2 aliphatic heterocycles. The Morgan fingerprint density at radius 1 is 0.340 bits per heavy atom. The second kappa shape index (κ2) is 11.3. The molecule has 0 N–H and O–H groups in total. The highest BCUT2D eigenvalue weighted by Crippen LogP contribution is 2.42. The summed E-state index contributed by atoms with van der Waals surface area (Å²) in [4.78, 5) is 5.42. The molecule has 2 aliphatic rings. The van der Waals surface area contributed by atoms with Gasteiger partial charge in [-0.1, -0.05) is 138 Å². The second-order valence-corrected chi connectivity index (χ2v) is 16.2. The van der Waals surface area contributed by atoms with Crippen molar-refractivity contribution in [2.75, 3.05) is 0 Å². The molecule has 0 aliphatic carbocycles. The average Bonchev–Trinajstić information content (AvgIpc) is 3.73. The van der Waals surface area contributed by atoms with E-state index in [9.17, 15) is 0 Å². The fourth-order valence-corrected chi connectivity index (χ4v) is 11.4. The quantitative estimate of drug-likeness (QED) is 0.169. The molecular weight excluding hydrogens is 679 g/mol. The number of para-hydroxylation sites is 3. The smallest absolute Gasteiger partial charge is 0.247 e. The van der Waals surface area contributed by atoms with Gasteiger partial charge in [0, 0.05) is 52.5 Å². The van der Waals surface area contributed by atoms with Gasteiger partial charge in [-0.05, 0) is 89.4 Å². The molecule has 4 heterocycles. The molecule has 0 fully saturated rings. The van der Waals surface area contributed by atoms with Gasteiger partial charge < -0.3 is 9.13 Å². The van der Waals surface area contributed by atoms with Crippen molar-refractivity contribution >= 4 is 90.2 Å². The van der Waals surface area contributed by atoms with Crippen LogP contribution in [0.4, 0.5) is 0 Å². The van der Waals surface area contributed by atoms with Crippen LogP contribution in [0, 0.1) is 0 Å². The van der Waals surface area contributed by atoms with Gasteiger partial charge in [0.05, 0.1) is 22.1 Å². The van der Waals surface area contributed by atoms with Crippen molar-refractivity contribution in [2.24, 2.45) is 0 Å². The predicted octanol–water partition coefficient (Wildman–Crippen LogP) is 11.0. The maximum absolute atomic E-state index is 2.49. The molecule has 2 aromatic heterocycles. The van der Waals surface area contributed by atoms with Crippen molar-refractivity contribution < 1.29 is 0 Å². The SMILES string of the molecule is c1ccc(-n2c3ccccc3c3cc(-c4ccc5c(c4)c4ccccc4n5-c4cc5c6c(c4)Sc4ccccc4B6c4ccccc4S5)ccc32)cc1. The third-order valence-electron chi connectivity index (χ3n) is 11.2. The molecule has 0 saturated heterocycles. The standard InChI is InChI=1S/C48H29BN2S2/c1-2-12-32(13-3-1)50-40-18-8-4-14-34(40)36-26-30(22-24-42(36)50)31-23-25-43-37(27-31)35-15-5-9-19-41(35)51(43)33-28-46-48-47(29-33)53-45-21-11-7-17-39(45)49(48)38-16-6-10-20-44(38)52-46/h1-29H. The lowest BCUT2D eigenvalue weighted by Crippen LogP contribution is -2.58. The van der Waals surface area contributed by atoms with E-state index in [1.165, 1.54) is 102 Å². The minimum absolute atomic E-state index is 0.253. The Labute approximate surface area is 315 Å². The van der Waals surface area contributed by atoms with E-state index in [2.05, 4.69) is 185 Å². The van der Waals surface area contributed by atoms with Crippen LogP contribution in [0.25, 0.3) is 66.1 Å². The van der Waals surface area contributed by atoms with Gasteiger partial charge in [-0.3, -0.25) is 0 Å². The molecule has 0 bridgehead atoms. The van der Waals surface area contributed by atoms with Gasteiger partial charge in [0.2, 0.25) is 6.71 Å². The Morgan fingerprint density at radius 2 is 0.792 bits per heavy atom. The van der Waals surface area contributed by atoms with Crippen molar-refractivity contribution in [1.82, 2.24) is 9.13 Å². The summed E-state index contributed by atoms with van der Waals surface area (Å²) in [7, 11) is 0. The van der Waals surface area contributed by atoms with E-state index in [0.29, 0.717) is 0 Å². The van der Waals surface area contributed by atoms with E-state index in [0.717, 1.165) is 0 Å². The Balaban J connectivity index is 1.04. The van der Waals surface area contributed by atoms with E-state index in [1.54, 1.807) is 0 Å². The van der Waals surface area contributed by atoms with E-state index in [-0.39, 0.29) is 6.71 Å². The lowest BCUT2D eigenvalue weighted by atomic mass is 9.36. The number of hydrogen-bond acceptors (Lipinski definition) is 2. The van der Waals surface area contributed by atoms with Crippen LogP contribution in [0.2, 0.25) is 0 Å². The zero-order valence-electron chi connectivity index (χ0n) is 28.5. The largest absolute Gasteiger partial charge is 0.309 e. The zero-order chi connectivity index (χ0) is 34.6. The number of fused-ring (bicyclic) bond motifs is 10. The van der Waals surface area contributed by atoms with Crippen molar-refractivity contribution in [2.45, 2.75) is 19.6 Å². The van der Waals surface area contributed by atoms with Crippen LogP contribution in [0.5, 0.6) is 0 Å². The van der Waals surface area contributed by atoms with Gasteiger partial charge in [-0.25, -0.2) is 0 Å². The zero-order valence-corrected chi connectivity index (χ0v) is 30.2. The van der Waals surface area contributed by atoms with Crippen molar-refractivity contribution in [3.8, 4) is 22.5 Å². The third kappa shape index (κ3) is 4.32. The van der Waals surface area contributed by atoms with Crippen molar-refractivity contribution in [1.29, 1.82) is 0 Å². The first kappa shape index (κ1) is 29.7. The molecule has 246 valence electrons. The Hall–Kier alpha value is -5.88. The minimum Gasteiger partial charge on any atom is -0.309 e. The summed E-state index contributed by atoms with van der Waals surface area (Å²) in [6.45, 7) is 0.253. The van der Waals surface area contributed by atoms with E-state index in [1.807, 2.05) is 23.5 Å². The molecule has 8 aromatic carbocycles. The number of aromatic nitrogens is 2. The van der Waals surface area contributed by atoms with E-state index < -0.39 is 0 Å². The van der Waals surface area contributed by atoms with E-state index >= 15 is 0 Å². The average molecular weight is 709 g/mol. The van der Waals surface area contributed by atoms with Gasteiger partial charge in [0.15, 0.2) is 0 Å². The van der Waals surface area contributed by atoms with E-state index in [4.69, 9.17) is 0 Å². The summed E-state index contributed by atoms with van der Waals surface area (Å²) in [5, 5.41) is 5.07. The summed E-state index contributed by atoms with van der Waals surface area (Å²) in [6.07, 6.45) is 0. The minimum atomic E-state index is 0.253. The first-order chi connectivity index (χ1) is 26.3. The van der Waals surface area contributed by atoms with Crippen molar-refractivity contribution in [3.05, 3.63) is 176 Å². The van der Waals surface area contributed by atoms with Gasteiger partial charge in [-0.15, -0.1) is 0 Å². The predicted molar refractivity (Wildman–Crippen MR) is 226 cm³/mol. The lowest BCUT2D eigenvalue weighted by molar-refractivity contribution is 1.14. The molecular formula is C48H29BN2S2. The molecule has 0 atom stereocenters. The summed E-state index contributed by atoms with van der Waals surface area (Å²) in [5.41, 5.74) is 14.0. The normalized spacial score (nSPS) is 13.1. The maximum atomic E-state index is 2.49. The molecule has 12 rings (SSSR count). The first-order valence-electron chi connectivity index (χ1n) is 18.1. The number of nitrogens with zero attached hydrogens (tertiary/aromatic N) is 2. The highest BCUT2D eigenvalue weighted by Gasteiger charge is 2.38. The molecule has 10 aromatic rings. The Bertz CT molecular complexity index is 3070. The monoisotopic (exact) mass is 708 g/mol. The highest BCUT2D eigenvalue weighted by atomic mass is 32.2. The fourth-order valence-electron chi connectivity index (χ4n) is 8.95. The van der Waals surface area contributed by atoms with Crippen LogP contribution in [0.1, 0.15) is 0 Å². The molecule has 0 unspecified atom stereocenters. The molecule has 53 heavy (non-hydrogen) atoms. The molecule has 0 saturated carbocycles. The molecule has 0 radical (unpaired) electrons. The van der Waals surface area contributed by atoms with Crippen LogP contribution in [-0.2, 0) is 0 Å². The number of rotatable bonds is 3. The topological polar surface area (TPSA) is 9.86 Å². The molecule has 5 heteroatoms. The van der Waals surface area contributed by atoms with Crippen LogP contribution in [-0.4, -0.2) is 15.8 Å². The van der Waals surface area contributed by atoms with Crippen molar-refractivity contribution in [3.63, 3.8) is 0 Å². The van der Waals surface area contributed by atoms with Gasteiger partial charge in [0.1, 0.15) is 0 Å². The van der Waals surface area contributed by atoms with Gasteiger partial charge in [0.25, 0.3) is 0 Å². The van der Waals surface area contributed by atoms with Crippen LogP contribution in [0.3, 0.4) is 0 Å². The second-order valence-electron chi connectivity index (χ2n) is 14.1. The first-order valence-corrected chi connectivity index (χ1v) is 19.8. The number of hydrogen-bond donors (Lipinski definition) is 0. The summed E-state index contributed by atoms with van der Waals surface area (Å²) >= 11 is 3.84. The number of benzene rings is 8.